The van der Waals surface area contributed by atoms with Gasteiger partial charge in [-0.2, -0.15) is 0 Å². The van der Waals surface area contributed by atoms with E-state index in [-0.39, 0.29) is 36.2 Å². The quantitative estimate of drug-likeness (QED) is 0.625. The number of carbonyl (C=O) groups is 2. The molecular formula is C29H35ClFNO4. The molecule has 2 N–H and O–H groups in total. The molecule has 1 saturated heterocycles. The summed E-state index contributed by atoms with van der Waals surface area (Å²) in [6.45, 7) is 3.29. The van der Waals surface area contributed by atoms with Crippen LogP contribution in [0.25, 0.3) is 0 Å². The Hall–Kier alpha value is -1.86. The minimum atomic E-state index is -1.85. The molecule has 5 nitrogen and oxygen atoms in total. The molecule has 0 bridgehead atoms. The first-order valence-electron chi connectivity index (χ1n) is 13.0. The van der Waals surface area contributed by atoms with E-state index in [1.807, 2.05) is 31.2 Å². The predicted molar refractivity (Wildman–Crippen MR) is 136 cm³/mol. The highest BCUT2D eigenvalue weighted by atomic mass is 35.5. The van der Waals surface area contributed by atoms with Crippen LogP contribution >= 0.6 is 11.6 Å². The average molecular weight is 516 g/mol. The molecule has 2 saturated carbocycles. The van der Waals surface area contributed by atoms with Gasteiger partial charge in [0.2, 0.25) is 0 Å². The SMILES string of the molecule is CC12CC(O)C3(F)CC=CC(=O)C=CCCC3C1CC1CN(Cc3cccc(Cl)c3)CC12C(=O)CO. The van der Waals surface area contributed by atoms with Crippen molar-refractivity contribution in [1.29, 1.82) is 0 Å². The number of aliphatic hydroxyl groups is 2. The minimum Gasteiger partial charge on any atom is -0.390 e. The summed E-state index contributed by atoms with van der Waals surface area (Å²) >= 11 is 6.19. The molecule has 1 aromatic carbocycles. The second kappa shape index (κ2) is 9.46. The molecule has 0 spiro atoms. The number of aliphatic hydroxyl groups excluding tert-OH is 2. The van der Waals surface area contributed by atoms with Crippen LogP contribution in [0.15, 0.2) is 48.6 Å². The zero-order valence-electron chi connectivity index (χ0n) is 20.7. The molecule has 7 unspecified atom stereocenters. The Morgan fingerprint density at radius 2 is 2.03 bits per heavy atom. The van der Waals surface area contributed by atoms with Crippen molar-refractivity contribution < 1.29 is 24.2 Å². The highest BCUT2D eigenvalue weighted by molar-refractivity contribution is 6.30. The molecule has 194 valence electrons. The van der Waals surface area contributed by atoms with Crippen LogP contribution in [-0.2, 0) is 16.1 Å². The van der Waals surface area contributed by atoms with Gasteiger partial charge in [0.05, 0.1) is 11.5 Å². The van der Waals surface area contributed by atoms with Gasteiger partial charge in [-0.25, -0.2) is 4.39 Å². The number of fused-ring (bicyclic) bond motifs is 5. The topological polar surface area (TPSA) is 77.8 Å². The molecule has 1 heterocycles. The van der Waals surface area contributed by atoms with E-state index >= 15 is 4.39 Å². The van der Waals surface area contributed by atoms with E-state index in [9.17, 15) is 19.8 Å². The number of carbonyl (C=O) groups excluding carboxylic acids is 2. The lowest BCUT2D eigenvalue weighted by atomic mass is 9.49. The fourth-order valence-corrected chi connectivity index (χ4v) is 8.55. The summed E-state index contributed by atoms with van der Waals surface area (Å²) in [4.78, 5) is 27.8. The monoisotopic (exact) mass is 515 g/mol. The van der Waals surface area contributed by atoms with E-state index in [2.05, 4.69) is 4.90 Å². The number of likely N-dealkylation sites (tertiary alicyclic amines) is 1. The molecule has 5 rings (SSSR count). The van der Waals surface area contributed by atoms with Crippen LogP contribution in [0.4, 0.5) is 4.39 Å². The Kier molecular flexibility index (Phi) is 6.78. The van der Waals surface area contributed by atoms with Crippen LogP contribution in [0.5, 0.6) is 0 Å². The van der Waals surface area contributed by atoms with E-state index in [0.717, 1.165) is 5.56 Å². The maximum Gasteiger partial charge on any atom is 0.178 e. The number of Topliss-reactive ketones (excluding diaryl/α,β-unsaturated/α-hetero) is 1. The van der Waals surface area contributed by atoms with Crippen molar-refractivity contribution >= 4 is 23.2 Å². The van der Waals surface area contributed by atoms with Gasteiger partial charge in [0, 0.05) is 31.1 Å². The smallest absolute Gasteiger partial charge is 0.178 e. The summed E-state index contributed by atoms with van der Waals surface area (Å²) in [5.41, 5.74) is -2.28. The van der Waals surface area contributed by atoms with Crippen LogP contribution < -0.4 is 0 Å². The molecule has 3 fully saturated rings. The summed E-state index contributed by atoms with van der Waals surface area (Å²) in [5.74, 6) is -0.936. The molecule has 4 aliphatic rings. The van der Waals surface area contributed by atoms with E-state index < -0.39 is 35.1 Å². The summed E-state index contributed by atoms with van der Waals surface area (Å²) in [5, 5.41) is 22.1. The molecule has 0 amide bonds. The van der Waals surface area contributed by atoms with Gasteiger partial charge in [-0.05, 0) is 78.7 Å². The fourth-order valence-electron chi connectivity index (χ4n) is 8.33. The molecule has 0 radical (unpaired) electrons. The van der Waals surface area contributed by atoms with Gasteiger partial charge < -0.3 is 10.2 Å². The lowest BCUT2D eigenvalue weighted by Crippen LogP contribution is -2.62. The van der Waals surface area contributed by atoms with Gasteiger partial charge in [0.25, 0.3) is 0 Å². The van der Waals surface area contributed by atoms with Crippen molar-refractivity contribution in [1.82, 2.24) is 4.90 Å². The summed E-state index contributed by atoms with van der Waals surface area (Å²) in [6, 6.07) is 7.68. The third kappa shape index (κ3) is 3.92. The second-order valence-electron chi connectivity index (χ2n) is 11.6. The zero-order chi connectivity index (χ0) is 25.7. The highest BCUT2D eigenvalue weighted by Crippen LogP contribution is 2.71. The molecule has 7 atom stereocenters. The molecule has 36 heavy (non-hydrogen) atoms. The first-order valence-corrected chi connectivity index (χ1v) is 13.4. The number of hydrogen-bond acceptors (Lipinski definition) is 5. The van der Waals surface area contributed by atoms with Crippen LogP contribution in [0.2, 0.25) is 5.02 Å². The van der Waals surface area contributed by atoms with Crippen LogP contribution in [0.3, 0.4) is 0 Å². The third-order valence-electron chi connectivity index (χ3n) is 9.87. The van der Waals surface area contributed by atoms with Crippen molar-refractivity contribution in [2.75, 3.05) is 19.7 Å². The first-order chi connectivity index (χ1) is 17.1. The Labute approximate surface area is 217 Å². The number of benzene rings is 1. The van der Waals surface area contributed by atoms with Gasteiger partial charge in [0.1, 0.15) is 12.3 Å². The molecular weight excluding hydrogens is 481 g/mol. The van der Waals surface area contributed by atoms with Crippen LogP contribution in [0, 0.1) is 28.6 Å². The number of allylic oxidation sites excluding steroid dienone is 4. The Bertz CT molecular complexity index is 1110. The van der Waals surface area contributed by atoms with Gasteiger partial charge in [-0.1, -0.05) is 42.8 Å². The van der Waals surface area contributed by atoms with Crippen molar-refractivity contribution in [3.05, 3.63) is 59.2 Å². The number of hydrogen-bond donors (Lipinski definition) is 2. The molecule has 1 aliphatic heterocycles. The lowest BCUT2D eigenvalue weighted by molar-refractivity contribution is -0.175. The van der Waals surface area contributed by atoms with Gasteiger partial charge in [-0.15, -0.1) is 0 Å². The molecule has 3 aliphatic carbocycles. The third-order valence-corrected chi connectivity index (χ3v) is 10.1. The minimum absolute atomic E-state index is 0.0164. The standard InChI is InChI=1S/C29H35ClFNO4/c1-27-14-25(35)29(31)11-5-9-22(34)8-2-3-10-23(29)24(27)13-20-16-32(18-28(20,27)26(36)17-33)15-19-6-4-7-21(30)12-19/h2,4-9,12,20,23-25,33,35H,3,10-11,13-18H2,1H3. The summed E-state index contributed by atoms with van der Waals surface area (Å²) in [7, 11) is 0. The van der Waals surface area contributed by atoms with Crippen molar-refractivity contribution in [3.63, 3.8) is 0 Å². The Morgan fingerprint density at radius 3 is 2.78 bits per heavy atom. The number of alkyl halides is 1. The van der Waals surface area contributed by atoms with E-state index in [0.29, 0.717) is 43.9 Å². The summed E-state index contributed by atoms with van der Waals surface area (Å²) in [6.07, 6.45) is 6.87. The largest absolute Gasteiger partial charge is 0.390 e. The van der Waals surface area contributed by atoms with Gasteiger partial charge in [0.15, 0.2) is 11.6 Å². The highest BCUT2D eigenvalue weighted by Gasteiger charge is 2.74. The fraction of sp³-hybridized carbons (Fsp3) is 0.586. The predicted octanol–water partition coefficient (Wildman–Crippen LogP) is 4.30. The molecule has 0 aromatic heterocycles. The average Bonchev–Trinajstić information content (AvgIpc) is 3.30. The first kappa shape index (κ1) is 25.8. The lowest BCUT2D eigenvalue weighted by Gasteiger charge is -2.56. The van der Waals surface area contributed by atoms with E-state index in [4.69, 9.17) is 11.6 Å². The van der Waals surface area contributed by atoms with Gasteiger partial charge >= 0.3 is 0 Å². The second-order valence-corrected chi connectivity index (χ2v) is 12.0. The normalized spacial score (nSPS) is 40.5. The van der Waals surface area contributed by atoms with Crippen molar-refractivity contribution in [3.8, 4) is 0 Å². The number of nitrogens with zero attached hydrogens (tertiary/aromatic N) is 1. The van der Waals surface area contributed by atoms with Crippen LogP contribution in [0.1, 0.15) is 44.6 Å². The van der Waals surface area contributed by atoms with Gasteiger partial charge in [-0.3, -0.25) is 14.5 Å². The Balaban J connectivity index is 1.50. The van der Waals surface area contributed by atoms with Crippen molar-refractivity contribution in [2.24, 2.45) is 28.6 Å². The summed E-state index contributed by atoms with van der Waals surface area (Å²) < 4.78 is 16.7. The number of rotatable bonds is 4. The van der Waals surface area contributed by atoms with E-state index in [1.165, 1.54) is 12.2 Å². The maximum absolute atomic E-state index is 16.7. The molecule has 7 heteroatoms. The Morgan fingerprint density at radius 1 is 1.25 bits per heavy atom. The zero-order valence-corrected chi connectivity index (χ0v) is 21.5. The van der Waals surface area contributed by atoms with E-state index in [1.54, 1.807) is 12.2 Å². The van der Waals surface area contributed by atoms with Crippen LogP contribution in [-0.4, -0.2) is 58.1 Å². The number of halogens is 2. The van der Waals surface area contributed by atoms with Crippen molar-refractivity contribution in [2.45, 2.75) is 57.3 Å². The number of ketones is 2. The molecule has 1 aromatic rings. The maximum atomic E-state index is 16.7.